The molecule has 0 bridgehead atoms. The van der Waals surface area contributed by atoms with Crippen LogP contribution in [0.3, 0.4) is 0 Å². The van der Waals surface area contributed by atoms with E-state index < -0.39 is 5.97 Å². The highest BCUT2D eigenvalue weighted by molar-refractivity contribution is 5.81. The molecule has 2 rings (SSSR count). The molecule has 154 valence electrons. The van der Waals surface area contributed by atoms with Gasteiger partial charge in [-0.15, -0.1) is 0 Å². The molecule has 0 radical (unpaired) electrons. The highest BCUT2D eigenvalue weighted by Crippen LogP contribution is 2.38. The Kier molecular flexibility index (Phi) is 8.65. The van der Waals surface area contributed by atoms with Gasteiger partial charge in [0, 0.05) is 6.54 Å². The molecular formula is C21H29NO6. The first-order valence-electron chi connectivity index (χ1n) is 9.46. The summed E-state index contributed by atoms with van der Waals surface area (Å²) in [7, 11) is 4.53. The van der Waals surface area contributed by atoms with Crippen molar-refractivity contribution in [2.24, 2.45) is 0 Å². The number of ether oxygens (including phenoxy) is 4. The fraction of sp³-hybridized carbons (Fsp3) is 0.524. The van der Waals surface area contributed by atoms with Gasteiger partial charge >= 0.3 is 5.97 Å². The van der Waals surface area contributed by atoms with Gasteiger partial charge in [-0.05, 0) is 49.8 Å². The van der Waals surface area contributed by atoms with Crippen molar-refractivity contribution in [3.63, 3.8) is 0 Å². The Morgan fingerprint density at radius 1 is 1.04 bits per heavy atom. The molecule has 1 aliphatic carbocycles. The third-order valence-corrected chi connectivity index (χ3v) is 4.59. The number of benzene rings is 1. The van der Waals surface area contributed by atoms with Crippen molar-refractivity contribution in [3.05, 3.63) is 29.3 Å². The number of carbonyl (C=O) groups excluding carboxylic acids is 2. The van der Waals surface area contributed by atoms with Gasteiger partial charge in [-0.1, -0.05) is 11.6 Å². The average molecular weight is 391 g/mol. The van der Waals surface area contributed by atoms with Crippen LogP contribution in [-0.4, -0.2) is 46.4 Å². The Morgan fingerprint density at radius 2 is 1.75 bits per heavy atom. The molecule has 7 heteroatoms. The number of hydrogen-bond acceptors (Lipinski definition) is 6. The number of amides is 1. The van der Waals surface area contributed by atoms with E-state index in [4.69, 9.17) is 18.9 Å². The molecule has 1 aromatic rings. The summed E-state index contributed by atoms with van der Waals surface area (Å²) in [5, 5.41) is 2.79. The second-order valence-electron chi connectivity index (χ2n) is 6.58. The molecule has 0 aromatic heterocycles. The Morgan fingerprint density at radius 3 is 2.32 bits per heavy atom. The number of carbonyl (C=O) groups is 2. The van der Waals surface area contributed by atoms with Crippen molar-refractivity contribution in [1.82, 2.24) is 5.32 Å². The largest absolute Gasteiger partial charge is 0.493 e. The first-order valence-corrected chi connectivity index (χ1v) is 9.46. The monoisotopic (exact) mass is 391 g/mol. The number of esters is 1. The maximum absolute atomic E-state index is 12.1. The van der Waals surface area contributed by atoms with Gasteiger partial charge in [0.25, 0.3) is 5.91 Å². The van der Waals surface area contributed by atoms with Gasteiger partial charge in [0.1, 0.15) is 0 Å². The minimum atomic E-state index is -0.501. The average Bonchev–Trinajstić information content (AvgIpc) is 2.72. The molecule has 1 amide bonds. The lowest BCUT2D eigenvalue weighted by atomic mass is 9.97. The van der Waals surface area contributed by atoms with Crippen molar-refractivity contribution >= 4 is 11.9 Å². The lowest BCUT2D eigenvalue weighted by Gasteiger charge is -2.14. The fourth-order valence-corrected chi connectivity index (χ4v) is 3.15. The minimum Gasteiger partial charge on any atom is -0.493 e. The molecule has 0 saturated heterocycles. The smallest absolute Gasteiger partial charge is 0.310 e. The van der Waals surface area contributed by atoms with Gasteiger partial charge in [0.15, 0.2) is 18.1 Å². The SMILES string of the molecule is COc1cc(CC(=O)OCC(=O)NCCC2=CCCCC2)cc(OC)c1OC. The summed E-state index contributed by atoms with van der Waals surface area (Å²) in [5.74, 6) is 0.572. The van der Waals surface area contributed by atoms with Crippen LogP contribution < -0.4 is 19.5 Å². The second-order valence-corrected chi connectivity index (χ2v) is 6.58. The van der Waals surface area contributed by atoms with Crippen molar-refractivity contribution in [3.8, 4) is 17.2 Å². The van der Waals surface area contributed by atoms with Crippen LogP contribution in [0.5, 0.6) is 17.2 Å². The minimum absolute atomic E-state index is 0.00310. The van der Waals surface area contributed by atoms with Crippen LogP contribution in [0.15, 0.2) is 23.8 Å². The number of hydrogen-bond donors (Lipinski definition) is 1. The first kappa shape index (κ1) is 21.6. The van der Waals surface area contributed by atoms with E-state index in [1.165, 1.54) is 39.7 Å². The zero-order chi connectivity index (χ0) is 20.4. The van der Waals surface area contributed by atoms with E-state index in [-0.39, 0.29) is 18.9 Å². The second kappa shape index (κ2) is 11.2. The maximum atomic E-state index is 12.1. The summed E-state index contributed by atoms with van der Waals surface area (Å²) < 4.78 is 20.9. The predicted octanol–water partition coefficient (Wildman–Crippen LogP) is 2.80. The van der Waals surface area contributed by atoms with Crippen LogP contribution in [0.2, 0.25) is 0 Å². The van der Waals surface area contributed by atoms with E-state index in [9.17, 15) is 9.59 Å². The molecule has 1 aromatic carbocycles. The normalized spacial score (nSPS) is 13.3. The number of methoxy groups -OCH3 is 3. The zero-order valence-corrected chi connectivity index (χ0v) is 16.8. The van der Waals surface area contributed by atoms with Gasteiger partial charge < -0.3 is 24.3 Å². The van der Waals surface area contributed by atoms with Gasteiger partial charge in [0.2, 0.25) is 5.75 Å². The molecule has 0 atom stereocenters. The van der Waals surface area contributed by atoms with E-state index in [2.05, 4.69) is 11.4 Å². The summed E-state index contributed by atoms with van der Waals surface area (Å²) >= 11 is 0. The Labute approximate surface area is 166 Å². The van der Waals surface area contributed by atoms with E-state index in [1.807, 2.05) is 0 Å². The molecule has 0 saturated carbocycles. The van der Waals surface area contributed by atoms with Gasteiger partial charge in [0.05, 0.1) is 27.8 Å². The quantitative estimate of drug-likeness (QED) is 0.488. The summed E-state index contributed by atoms with van der Waals surface area (Å²) in [6, 6.07) is 3.36. The molecule has 0 heterocycles. The maximum Gasteiger partial charge on any atom is 0.310 e. The molecule has 0 aliphatic heterocycles. The van der Waals surface area contributed by atoms with Gasteiger partial charge in [-0.3, -0.25) is 9.59 Å². The molecule has 1 aliphatic rings. The van der Waals surface area contributed by atoms with E-state index in [1.54, 1.807) is 12.1 Å². The lowest BCUT2D eigenvalue weighted by molar-refractivity contribution is -0.147. The molecule has 0 fully saturated rings. The van der Waals surface area contributed by atoms with Crippen LogP contribution in [0.4, 0.5) is 0 Å². The Bertz CT molecular complexity index is 688. The Hall–Kier alpha value is -2.70. The van der Waals surface area contributed by atoms with Crippen LogP contribution >= 0.6 is 0 Å². The standard InChI is InChI=1S/C21H29NO6/c1-25-17-11-16(12-18(26-2)21(17)27-3)13-20(24)28-14-19(23)22-10-9-15-7-5-4-6-8-15/h7,11-12H,4-6,8-10,13-14H2,1-3H3,(H,22,23). The van der Waals surface area contributed by atoms with E-state index >= 15 is 0 Å². The molecule has 28 heavy (non-hydrogen) atoms. The molecule has 0 spiro atoms. The third-order valence-electron chi connectivity index (χ3n) is 4.59. The number of rotatable bonds is 10. The third kappa shape index (κ3) is 6.48. The predicted molar refractivity (Wildman–Crippen MR) is 105 cm³/mol. The van der Waals surface area contributed by atoms with E-state index in [0.717, 1.165) is 19.3 Å². The van der Waals surface area contributed by atoms with Crippen molar-refractivity contribution in [1.29, 1.82) is 0 Å². The Balaban J connectivity index is 1.78. The van der Waals surface area contributed by atoms with Crippen LogP contribution in [0.1, 0.15) is 37.7 Å². The zero-order valence-electron chi connectivity index (χ0n) is 16.8. The summed E-state index contributed by atoms with van der Waals surface area (Å²) in [5.41, 5.74) is 2.04. The number of allylic oxidation sites excluding steroid dienone is 1. The van der Waals surface area contributed by atoms with Crippen molar-refractivity contribution in [2.45, 2.75) is 38.5 Å². The summed E-state index contributed by atoms with van der Waals surface area (Å²) in [4.78, 5) is 23.9. The summed E-state index contributed by atoms with van der Waals surface area (Å²) in [6.45, 7) is 0.275. The molecule has 1 N–H and O–H groups in total. The molecular weight excluding hydrogens is 362 g/mol. The number of nitrogens with one attached hydrogen (secondary N) is 1. The first-order chi connectivity index (χ1) is 13.6. The fourth-order valence-electron chi connectivity index (χ4n) is 3.15. The van der Waals surface area contributed by atoms with Gasteiger partial charge in [-0.25, -0.2) is 0 Å². The highest BCUT2D eigenvalue weighted by Gasteiger charge is 2.16. The van der Waals surface area contributed by atoms with E-state index in [0.29, 0.717) is 29.4 Å². The van der Waals surface area contributed by atoms with Crippen molar-refractivity contribution < 1.29 is 28.5 Å². The highest BCUT2D eigenvalue weighted by atomic mass is 16.5. The van der Waals surface area contributed by atoms with Crippen LogP contribution in [0, 0.1) is 0 Å². The topological polar surface area (TPSA) is 83.1 Å². The lowest BCUT2D eigenvalue weighted by Crippen LogP contribution is -2.30. The van der Waals surface area contributed by atoms with Gasteiger partial charge in [-0.2, -0.15) is 0 Å². The van der Waals surface area contributed by atoms with Crippen LogP contribution in [-0.2, 0) is 20.7 Å². The van der Waals surface area contributed by atoms with Crippen molar-refractivity contribution in [2.75, 3.05) is 34.5 Å². The molecule has 7 nitrogen and oxygen atoms in total. The van der Waals surface area contributed by atoms with Crippen LogP contribution in [0.25, 0.3) is 0 Å². The summed E-state index contributed by atoms with van der Waals surface area (Å²) in [6.07, 6.45) is 7.81. The molecule has 0 unspecified atom stereocenters.